The van der Waals surface area contributed by atoms with Gasteiger partial charge in [-0.1, -0.05) is 24.3 Å². The van der Waals surface area contributed by atoms with Gasteiger partial charge in [0.25, 0.3) is 0 Å². The summed E-state index contributed by atoms with van der Waals surface area (Å²) in [5.74, 6) is 0. The molecule has 50 valence electrons. The number of allylic oxidation sites excluding steroid dienone is 3. The van der Waals surface area contributed by atoms with Crippen LogP contribution in [0.25, 0.3) is 0 Å². The maximum absolute atomic E-state index is 5.69. The maximum Gasteiger partial charge on any atom is 0.0363 e. The first-order chi connectivity index (χ1) is 4.30. The van der Waals surface area contributed by atoms with Gasteiger partial charge < -0.3 is 0 Å². The quantitative estimate of drug-likeness (QED) is 0.527. The Morgan fingerprint density at radius 1 is 1.56 bits per heavy atom. The number of rotatable bonds is 1. The van der Waals surface area contributed by atoms with Crippen LogP contribution in [0.4, 0.5) is 0 Å². The zero-order valence-electron chi connectivity index (χ0n) is 5.49. The van der Waals surface area contributed by atoms with Crippen molar-refractivity contribution in [1.29, 1.82) is 0 Å². The SMILES string of the molecule is C=C(Cl)C1=CCCCC1. The van der Waals surface area contributed by atoms with E-state index >= 15 is 0 Å². The molecule has 0 radical (unpaired) electrons. The summed E-state index contributed by atoms with van der Waals surface area (Å²) in [7, 11) is 0. The van der Waals surface area contributed by atoms with Crippen LogP contribution >= 0.6 is 11.6 Å². The van der Waals surface area contributed by atoms with Crippen molar-refractivity contribution in [3.63, 3.8) is 0 Å². The Hall–Kier alpha value is -0.230. The summed E-state index contributed by atoms with van der Waals surface area (Å²) in [4.78, 5) is 0. The van der Waals surface area contributed by atoms with Gasteiger partial charge in [-0.2, -0.15) is 0 Å². The summed E-state index contributed by atoms with van der Waals surface area (Å²) < 4.78 is 0. The van der Waals surface area contributed by atoms with Crippen LogP contribution in [0, 0.1) is 0 Å². The van der Waals surface area contributed by atoms with E-state index in [2.05, 4.69) is 12.7 Å². The van der Waals surface area contributed by atoms with Crippen molar-refractivity contribution in [2.45, 2.75) is 25.7 Å². The molecule has 0 fully saturated rings. The standard InChI is InChI=1S/C8H11Cl/c1-7(9)8-5-3-2-4-6-8/h5H,1-4,6H2. The fourth-order valence-electron chi connectivity index (χ4n) is 1.08. The van der Waals surface area contributed by atoms with Crippen LogP contribution < -0.4 is 0 Å². The first-order valence-electron chi connectivity index (χ1n) is 3.34. The first-order valence-corrected chi connectivity index (χ1v) is 3.72. The van der Waals surface area contributed by atoms with E-state index in [9.17, 15) is 0 Å². The molecule has 1 rings (SSSR count). The fourth-order valence-corrected chi connectivity index (χ4v) is 1.26. The third-order valence-electron chi connectivity index (χ3n) is 1.64. The van der Waals surface area contributed by atoms with Gasteiger partial charge >= 0.3 is 0 Å². The molecule has 0 saturated carbocycles. The molecule has 0 aliphatic heterocycles. The van der Waals surface area contributed by atoms with Crippen molar-refractivity contribution in [2.75, 3.05) is 0 Å². The molecule has 0 heterocycles. The topological polar surface area (TPSA) is 0 Å². The third kappa shape index (κ3) is 1.87. The van der Waals surface area contributed by atoms with Gasteiger partial charge in [0.1, 0.15) is 0 Å². The van der Waals surface area contributed by atoms with Gasteiger partial charge in [0.05, 0.1) is 0 Å². The molecule has 0 nitrogen and oxygen atoms in total. The molecule has 0 spiro atoms. The third-order valence-corrected chi connectivity index (χ3v) is 1.88. The van der Waals surface area contributed by atoms with Crippen LogP contribution in [0.15, 0.2) is 23.3 Å². The van der Waals surface area contributed by atoms with Crippen molar-refractivity contribution in [1.82, 2.24) is 0 Å². The molecule has 0 aromatic rings. The Bertz CT molecular complexity index is 145. The minimum atomic E-state index is 0.731. The summed E-state index contributed by atoms with van der Waals surface area (Å²) in [6.07, 6.45) is 7.09. The molecule has 0 bridgehead atoms. The molecule has 0 aromatic carbocycles. The summed E-state index contributed by atoms with van der Waals surface area (Å²) in [6.45, 7) is 3.68. The second-order valence-electron chi connectivity index (χ2n) is 2.38. The smallest absolute Gasteiger partial charge is 0.0363 e. The lowest BCUT2D eigenvalue weighted by atomic mass is 10.00. The summed E-state index contributed by atoms with van der Waals surface area (Å²) in [5.41, 5.74) is 1.25. The fraction of sp³-hybridized carbons (Fsp3) is 0.500. The van der Waals surface area contributed by atoms with Crippen molar-refractivity contribution in [3.05, 3.63) is 23.3 Å². The largest absolute Gasteiger partial charge is 0.0847 e. The molecule has 0 amide bonds. The van der Waals surface area contributed by atoms with E-state index < -0.39 is 0 Å². The van der Waals surface area contributed by atoms with Crippen LogP contribution in [0.1, 0.15) is 25.7 Å². The first kappa shape index (κ1) is 6.88. The lowest BCUT2D eigenvalue weighted by Crippen LogP contribution is -1.90. The molecule has 9 heavy (non-hydrogen) atoms. The maximum atomic E-state index is 5.69. The van der Waals surface area contributed by atoms with Crippen LogP contribution in [-0.2, 0) is 0 Å². The summed E-state index contributed by atoms with van der Waals surface area (Å²) in [5, 5.41) is 0.731. The molecule has 1 aliphatic carbocycles. The zero-order valence-corrected chi connectivity index (χ0v) is 6.25. The van der Waals surface area contributed by atoms with Gasteiger partial charge in [0, 0.05) is 5.03 Å². The van der Waals surface area contributed by atoms with Gasteiger partial charge in [0.15, 0.2) is 0 Å². The van der Waals surface area contributed by atoms with Crippen molar-refractivity contribution < 1.29 is 0 Å². The monoisotopic (exact) mass is 142 g/mol. The minimum absolute atomic E-state index is 0.731. The molecule has 0 atom stereocenters. The Morgan fingerprint density at radius 2 is 2.33 bits per heavy atom. The number of halogens is 1. The molecule has 1 heteroatoms. The van der Waals surface area contributed by atoms with Gasteiger partial charge in [-0.3, -0.25) is 0 Å². The molecule has 1 aliphatic rings. The van der Waals surface area contributed by atoms with E-state index in [-0.39, 0.29) is 0 Å². The minimum Gasteiger partial charge on any atom is -0.0847 e. The van der Waals surface area contributed by atoms with E-state index in [1.165, 1.54) is 24.8 Å². The van der Waals surface area contributed by atoms with Crippen molar-refractivity contribution >= 4 is 11.6 Å². The summed E-state index contributed by atoms with van der Waals surface area (Å²) >= 11 is 5.69. The second-order valence-corrected chi connectivity index (χ2v) is 2.84. The van der Waals surface area contributed by atoms with Crippen LogP contribution in [-0.4, -0.2) is 0 Å². The molecule has 0 N–H and O–H groups in total. The highest BCUT2D eigenvalue weighted by Gasteiger charge is 2.03. The van der Waals surface area contributed by atoms with E-state index in [4.69, 9.17) is 11.6 Å². The van der Waals surface area contributed by atoms with E-state index in [1.807, 2.05) is 0 Å². The summed E-state index contributed by atoms with van der Waals surface area (Å²) in [6, 6.07) is 0. The Morgan fingerprint density at radius 3 is 2.67 bits per heavy atom. The van der Waals surface area contributed by atoms with Crippen molar-refractivity contribution in [2.24, 2.45) is 0 Å². The van der Waals surface area contributed by atoms with Crippen molar-refractivity contribution in [3.8, 4) is 0 Å². The van der Waals surface area contributed by atoms with Crippen LogP contribution in [0.2, 0.25) is 0 Å². The van der Waals surface area contributed by atoms with Gasteiger partial charge in [-0.15, -0.1) is 0 Å². The van der Waals surface area contributed by atoms with Gasteiger partial charge in [-0.05, 0) is 31.3 Å². The van der Waals surface area contributed by atoms with Crippen LogP contribution in [0.3, 0.4) is 0 Å². The highest BCUT2D eigenvalue weighted by Crippen LogP contribution is 2.24. The molecule has 0 saturated heterocycles. The highest BCUT2D eigenvalue weighted by atomic mass is 35.5. The lowest BCUT2D eigenvalue weighted by Gasteiger charge is -2.09. The molecule has 0 aromatic heterocycles. The zero-order chi connectivity index (χ0) is 6.69. The predicted molar refractivity (Wildman–Crippen MR) is 41.5 cm³/mol. The average molecular weight is 143 g/mol. The van der Waals surface area contributed by atoms with Gasteiger partial charge in [0.2, 0.25) is 0 Å². The van der Waals surface area contributed by atoms with Gasteiger partial charge in [-0.25, -0.2) is 0 Å². The highest BCUT2D eigenvalue weighted by molar-refractivity contribution is 6.31. The van der Waals surface area contributed by atoms with E-state index in [1.54, 1.807) is 0 Å². The second kappa shape index (κ2) is 3.07. The Balaban J connectivity index is 2.57. The number of hydrogen-bond acceptors (Lipinski definition) is 0. The molecule has 0 unspecified atom stereocenters. The Kier molecular flexibility index (Phi) is 2.35. The molecular weight excluding hydrogens is 132 g/mol. The average Bonchev–Trinajstić information content (AvgIpc) is 1.90. The molecular formula is C8H11Cl. The predicted octanol–water partition coefficient (Wildman–Crippen LogP) is 3.24. The normalized spacial score (nSPS) is 19.0. The lowest BCUT2D eigenvalue weighted by molar-refractivity contribution is 0.710. The van der Waals surface area contributed by atoms with E-state index in [0.29, 0.717) is 0 Å². The number of hydrogen-bond donors (Lipinski definition) is 0. The van der Waals surface area contributed by atoms with E-state index in [0.717, 1.165) is 11.5 Å². The Labute approximate surface area is 61.2 Å². The van der Waals surface area contributed by atoms with Crippen LogP contribution in [0.5, 0.6) is 0 Å².